The molecule has 0 aliphatic heterocycles. The van der Waals surface area contributed by atoms with Crippen molar-refractivity contribution in [3.05, 3.63) is 11.8 Å². The average molecular weight is 218 g/mol. The number of hydrogen-bond donors (Lipinski definition) is 3. The molecule has 1 aromatic rings. The molecule has 0 atom stereocenters. The summed E-state index contributed by atoms with van der Waals surface area (Å²) in [4.78, 5) is 0. The molecule has 7 heteroatoms. The summed E-state index contributed by atoms with van der Waals surface area (Å²) in [6.07, 6.45) is 2.32. The molecule has 0 saturated heterocycles. The van der Waals surface area contributed by atoms with Gasteiger partial charge in [0, 0.05) is 12.1 Å². The van der Waals surface area contributed by atoms with Crippen LogP contribution in [0.5, 0.6) is 0 Å². The first-order valence-corrected chi connectivity index (χ1v) is 5.87. The fraction of sp³-hybridized carbons (Fsp3) is 0.571. The van der Waals surface area contributed by atoms with E-state index in [0.29, 0.717) is 12.4 Å². The Morgan fingerprint density at radius 2 is 2.21 bits per heavy atom. The van der Waals surface area contributed by atoms with E-state index in [9.17, 15) is 8.42 Å². The molecule has 80 valence electrons. The van der Waals surface area contributed by atoms with E-state index in [1.165, 1.54) is 0 Å². The third-order valence-electron chi connectivity index (χ3n) is 1.67. The van der Waals surface area contributed by atoms with Crippen molar-refractivity contribution in [3.8, 4) is 0 Å². The van der Waals surface area contributed by atoms with Crippen LogP contribution in [0.1, 0.15) is 19.4 Å². The second kappa shape index (κ2) is 4.43. The summed E-state index contributed by atoms with van der Waals surface area (Å²) in [7, 11) is -3.46. The van der Waals surface area contributed by atoms with Gasteiger partial charge < -0.3 is 0 Å². The minimum atomic E-state index is -3.46. The van der Waals surface area contributed by atoms with E-state index in [1.54, 1.807) is 13.1 Å². The maximum Gasteiger partial charge on any atom is 0.300 e. The van der Waals surface area contributed by atoms with Crippen molar-refractivity contribution in [3.63, 3.8) is 0 Å². The van der Waals surface area contributed by atoms with E-state index < -0.39 is 10.2 Å². The molecule has 0 bridgehead atoms. The Morgan fingerprint density at radius 1 is 1.50 bits per heavy atom. The first-order valence-electron chi connectivity index (χ1n) is 4.38. The molecule has 1 heterocycles. The van der Waals surface area contributed by atoms with Crippen LogP contribution >= 0.6 is 0 Å². The van der Waals surface area contributed by atoms with Gasteiger partial charge in [-0.25, -0.2) is 0 Å². The molecule has 0 saturated carbocycles. The summed E-state index contributed by atoms with van der Waals surface area (Å²) in [6, 6.07) is 0. The fourth-order valence-electron chi connectivity index (χ4n) is 1.03. The van der Waals surface area contributed by atoms with Crippen molar-refractivity contribution in [1.29, 1.82) is 0 Å². The number of aryl methyl sites for hydroxylation is 1. The Morgan fingerprint density at radius 3 is 2.79 bits per heavy atom. The summed E-state index contributed by atoms with van der Waals surface area (Å²) in [5.41, 5.74) is 0.839. The van der Waals surface area contributed by atoms with Crippen LogP contribution in [0.15, 0.2) is 6.20 Å². The third-order valence-corrected chi connectivity index (χ3v) is 2.81. The van der Waals surface area contributed by atoms with Gasteiger partial charge in [-0.3, -0.25) is 9.82 Å². The summed E-state index contributed by atoms with van der Waals surface area (Å²) in [5, 5.41) is 6.35. The van der Waals surface area contributed by atoms with Gasteiger partial charge in [-0.15, -0.1) is 0 Å². The van der Waals surface area contributed by atoms with Gasteiger partial charge in [0.1, 0.15) is 5.82 Å². The Bertz CT molecular complexity index is 384. The number of nitrogens with one attached hydrogen (secondary N) is 3. The van der Waals surface area contributed by atoms with Crippen molar-refractivity contribution in [1.82, 2.24) is 14.9 Å². The van der Waals surface area contributed by atoms with Gasteiger partial charge in [-0.2, -0.15) is 18.2 Å². The lowest BCUT2D eigenvalue weighted by atomic mass is 10.3. The number of H-pyrrole nitrogens is 1. The molecule has 1 rings (SSSR count). The predicted octanol–water partition coefficient (Wildman–Crippen LogP) is 0.238. The molecule has 6 nitrogen and oxygen atoms in total. The predicted molar refractivity (Wildman–Crippen MR) is 54.2 cm³/mol. The second-order valence-electron chi connectivity index (χ2n) is 2.73. The summed E-state index contributed by atoms with van der Waals surface area (Å²) >= 11 is 0. The standard InChI is InChI=1S/C7H14N4O2S/c1-3-6-5-8-10-7(6)11-14(12,13)9-4-2/h5,9H,3-4H2,1-2H3,(H2,8,10,11). The fourth-order valence-corrected chi connectivity index (χ4v) is 1.93. The molecular formula is C7H14N4O2S. The van der Waals surface area contributed by atoms with Crippen LogP contribution in [0.4, 0.5) is 5.82 Å². The van der Waals surface area contributed by atoms with Crippen LogP contribution in [0.3, 0.4) is 0 Å². The highest BCUT2D eigenvalue weighted by atomic mass is 32.2. The van der Waals surface area contributed by atoms with Gasteiger partial charge >= 0.3 is 0 Å². The van der Waals surface area contributed by atoms with Crippen molar-refractivity contribution in [2.75, 3.05) is 11.3 Å². The number of anilines is 1. The van der Waals surface area contributed by atoms with Crippen molar-refractivity contribution < 1.29 is 8.42 Å². The van der Waals surface area contributed by atoms with Crippen LogP contribution in [0, 0.1) is 0 Å². The smallest absolute Gasteiger partial charge is 0.262 e. The molecule has 0 unspecified atom stereocenters. The van der Waals surface area contributed by atoms with E-state index in [1.807, 2.05) is 6.92 Å². The molecule has 0 aliphatic rings. The topological polar surface area (TPSA) is 86.9 Å². The highest BCUT2D eigenvalue weighted by Crippen LogP contribution is 2.11. The van der Waals surface area contributed by atoms with E-state index in [0.717, 1.165) is 12.0 Å². The molecular weight excluding hydrogens is 204 g/mol. The zero-order valence-electron chi connectivity index (χ0n) is 8.16. The number of hydrogen-bond acceptors (Lipinski definition) is 3. The molecule has 3 N–H and O–H groups in total. The monoisotopic (exact) mass is 218 g/mol. The van der Waals surface area contributed by atoms with Crippen LogP contribution in [0.2, 0.25) is 0 Å². The lowest BCUT2D eigenvalue weighted by molar-refractivity contribution is 0.589. The molecule has 0 spiro atoms. The summed E-state index contributed by atoms with van der Waals surface area (Å²) in [6.45, 7) is 3.99. The second-order valence-corrected chi connectivity index (χ2v) is 4.23. The molecule has 14 heavy (non-hydrogen) atoms. The Hall–Kier alpha value is -1.08. The Balaban J connectivity index is 2.78. The molecule has 0 amide bonds. The number of aromatic amines is 1. The molecule has 1 aromatic heterocycles. The lowest BCUT2D eigenvalue weighted by Crippen LogP contribution is -2.30. The Labute approximate surface area is 83.3 Å². The minimum Gasteiger partial charge on any atom is -0.262 e. The number of aromatic nitrogens is 2. The van der Waals surface area contributed by atoms with Crippen molar-refractivity contribution >= 4 is 16.0 Å². The summed E-state index contributed by atoms with van der Waals surface area (Å²) in [5.74, 6) is 0.424. The number of rotatable bonds is 5. The largest absolute Gasteiger partial charge is 0.300 e. The SMILES string of the molecule is CCNS(=O)(=O)Nc1[nH]ncc1CC. The van der Waals surface area contributed by atoms with E-state index >= 15 is 0 Å². The van der Waals surface area contributed by atoms with Gasteiger partial charge in [0.05, 0.1) is 6.20 Å². The highest BCUT2D eigenvalue weighted by molar-refractivity contribution is 7.90. The molecule has 0 aromatic carbocycles. The third kappa shape index (κ3) is 2.71. The average Bonchev–Trinajstić information content (AvgIpc) is 2.50. The van der Waals surface area contributed by atoms with Gasteiger partial charge in [0.15, 0.2) is 0 Å². The lowest BCUT2D eigenvalue weighted by Gasteiger charge is -2.06. The molecule has 0 aliphatic carbocycles. The van der Waals surface area contributed by atoms with Crippen LogP contribution in [0.25, 0.3) is 0 Å². The molecule has 0 radical (unpaired) electrons. The van der Waals surface area contributed by atoms with E-state index in [2.05, 4.69) is 19.6 Å². The van der Waals surface area contributed by atoms with Crippen molar-refractivity contribution in [2.24, 2.45) is 0 Å². The van der Waals surface area contributed by atoms with E-state index in [4.69, 9.17) is 0 Å². The first-order chi connectivity index (χ1) is 6.59. The van der Waals surface area contributed by atoms with Gasteiger partial charge in [0.2, 0.25) is 0 Å². The maximum atomic E-state index is 11.3. The first kappa shape index (κ1) is 11.0. The van der Waals surface area contributed by atoms with Crippen LogP contribution in [-0.4, -0.2) is 25.2 Å². The zero-order chi connectivity index (χ0) is 10.6. The van der Waals surface area contributed by atoms with Gasteiger partial charge in [0.25, 0.3) is 10.2 Å². The normalized spacial score (nSPS) is 11.6. The number of nitrogens with zero attached hydrogens (tertiary/aromatic N) is 1. The van der Waals surface area contributed by atoms with Gasteiger partial charge in [-0.05, 0) is 6.42 Å². The highest BCUT2D eigenvalue weighted by Gasteiger charge is 2.11. The van der Waals surface area contributed by atoms with Gasteiger partial charge in [-0.1, -0.05) is 13.8 Å². The minimum absolute atomic E-state index is 0.352. The quantitative estimate of drug-likeness (QED) is 0.661. The zero-order valence-corrected chi connectivity index (χ0v) is 8.98. The summed E-state index contributed by atoms with van der Waals surface area (Å²) < 4.78 is 27.3. The van der Waals surface area contributed by atoms with Crippen molar-refractivity contribution in [2.45, 2.75) is 20.3 Å². The maximum absolute atomic E-state index is 11.3. The molecule has 0 fully saturated rings. The van der Waals surface area contributed by atoms with Crippen LogP contribution < -0.4 is 9.44 Å². The Kier molecular flexibility index (Phi) is 3.48. The van der Waals surface area contributed by atoms with Crippen LogP contribution in [-0.2, 0) is 16.6 Å². The van der Waals surface area contributed by atoms with E-state index in [-0.39, 0.29) is 0 Å².